The number of benzene rings is 3. The van der Waals surface area contributed by atoms with Crippen molar-refractivity contribution in [1.29, 1.82) is 0 Å². The van der Waals surface area contributed by atoms with E-state index in [1.807, 2.05) is 6.92 Å². The van der Waals surface area contributed by atoms with Crippen molar-refractivity contribution in [3.8, 4) is 22.9 Å². The van der Waals surface area contributed by atoms with Gasteiger partial charge >= 0.3 is 5.69 Å². The molecule has 1 saturated carbocycles. The Balaban J connectivity index is 1.24. The standard InChI is InChI=1S/C28H22Cl2N4O5/c1-15-2-4-16(5-3-15)28-11-17(28)13-33(14-28)26(37)20-10-19(6-7-23(20)35)39-25-21(29)8-18(9-22(25)30)34-27(38)32-24(36)12-31-34/h2-10,12,17,35H,11,13-14H2,1H3,(H,32,36,38). The van der Waals surface area contributed by atoms with Gasteiger partial charge in [-0.2, -0.15) is 9.78 Å². The van der Waals surface area contributed by atoms with Crippen LogP contribution >= 0.6 is 23.2 Å². The van der Waals surface area contributed by atoms with Crippen LogP contribution in [0.25, 0.3) is 5.69 Å². The molecule has 39 heavy (non-hydrogen) atoms. The van der Waals surface area contributed by atoms with E-state index in [2.05, 4.69) is 34.3 Å². The van der Waals surface area contributed by atoms with E-state index in [4.69, 9.17) is 27.9 Å². The first-order valence-electron chi connectivity index (χ1n) is 12.2. The van der Waals surface area contributed by atoms with E-state index in [0.717, 1.165) is 17.3 Å². The molecule has 4 aromatic rings. The molecule has 2 N–H and O–H groups in total. The molecule has 9 nitrogen and oxygen atoms in total. The summed E-state index contributed by atoms with van der Waals surface area (Å²) >= 11 is 12.8. The van der Waals surface area contributed by atoms with Gasteiger partial charge in [-0.3, -0.25) is 14.6 Å². The summed E-state index contributed by atoms with van der Waals surface area (Å²) in [5, 5.41) is 14.4. The molecule has 1 aromatic heterocycles. The van der Waals surface area contributed by atoms with Crippen LogP contribution in [0.4, 0.5) is 0 Å². The number of aromatic amines is 1. The van der Waals surface area contributed by atoms with Crippen LogP contribution in [0.5, 0.6) is 17.2 Å². The maximum Gasteiger partial charge on any atom is 0.349 e. The minimum atomic E-state index is -0.756. The van der Waals surface area contributed by atoms with Crippen LogP contribution in [-0.4, -0.2) is 43.8 Å². The van der Waals surface area contributed by atoms with Crippen LogP contribution in [0.3, 0.4) is 0 Å². The first-order valence-corrected chi connectivity index (χ1v) is 13.0. The Hall–Kier alpha value is -4.08. The average molecular weight is 565 g/mol. The summed E-state index contributed by atoms with van der Waals surface area (Å²) in [6.07, 6.45) is 2.00. The van der Waals surface area contributed by atoms with Crippen molar-refractivity contribution < 1.29 is 14.6 Å². The fraction of sp³-hybridized carbons (Fsp3) is 0.214. The number of nitrogens with zero attached hydrogens (tertiary/aromatic N) is 3. The molecular weight excluding hydrogens is 543 g/mol. The molecule has 11 heteroatoms. The highest BCUT2D eigenvalue weighted by molar-refractivity contribution is 6.37. The molecule has 1 aliphatic heterocycles. The Morgan fingerprint density at radius 1 is 1.10 bits per heavy atom. The smallest absolute Gasteiger partial charge is 0.349 e. The van der Waals surface area contributed by atoms with E-state index < -0.39 is 11.2 Å². The molecule has 2 atom stereocenters. The Morgan fingerprint density at radius 3 is 2.51 bits per heavy atom. The first kappa shape index (κ1) is 25.2. The lowest BCUT2D eigenvalue weighted by molar-refractivity contribution is 0.0769. The number of carbonyl (C=O) groups is 1. The number of aromatic nitrogens is 3. The highest BCUT2D eigenvalue weighted by atomic mass is 35.5. The van der Waals surface area contributed by atoms with Crippen LogP contribution in [0, 0.1) is 12.8 Å². The maximum absolute atomic E-state index is 13.5. The van der Waals surface area contributed by atoms with E-state index >= 15 is 0 Å². The fourth-order valence-electron chi connectivity index (χ4n) is 5.31. The zero-order valence-corrected chi connectivity index (χ0v) is 22.2. The van der Waals surface area contributed by atoms with Crippen molar-refractivity contribution in [3.63, 3.8) is 0 Å². The zero-order chi connectivity index (χ0) is 27.5. The lowest BCUT2D eigenvalue weighted by atomic mass is 9.94. The van der Waals surface area contributed by atoms with E-state index in [-0.39, 0.29) is 49.9 Å². The molecule has 0 bridgehead atoms. The number of hydrogen-bond acceptors (Lipinski definition) is 6. The van der Waals surface area contributed by atoms with Gasteiger partial charge in [0.05, 0.1) is 21.3 Å². The molecule has 2 unspecified atom stereocenters. The number of aromatic hydroxyl groups is 1. The number of nitrogens with one attached hydrogen (secondary N) is 1. The van der Waals surface area contributed by atoms with Crippen molar-refractivity contribution in [3.05, 3.63) is 108 Å². The molecule has 2 fully saturated rings. The van der Waals surface area contributed by atoms with E-state index in [1.165, 1.54) is 41.5 Å². The minimum absolute atomic E-state index is 0.0293. The molecule has 2 heterocycles. The van der Waals surface area contributed by atoms with Crippen LogP contribution in [0.15, 0.2) is 70.4 Å². The number of H-pyrrole nitrogens is 1. The van der Waals surface area contributed by atoms with Gasteiger partial charge in [0.15, 0.2) is 5.75 Å². The number of piperidine rings is 1. The van der Waals surface area contributed by atoms with Gasteiger partial charge in [0.25, 0.3) is 11.5 Å². The summed E-state index contributed by atoms with van der Waals surface area (Å²) in [4.78, 5) is 40.7. The van der Waals surface area contributed by atoms with E-state index in [1.54, 1.807) is 4.90 Å². The molecule has 198 valence electrons. The Morgan fingerprint density at radius 2 is 1.82 bits per heavy atom. The summed E-state index contributed by atoms with van der Waals surface area (Å²) in [7, 11) is 0. The Bertz CT molecular complexity index is 1730. The molecule has 1 saturated heterocycles. The largest absolute Gasteiger partial charge is 0.507 e. The molecule has 3 aromatic carbocycles. The van der Waals surface area contributed by atoms with E-state index in [0.29, 0.717) is 19.0 Å². The van der Waals surface area contributed by atoms with E-state index in [9.17, 15) is 19.5 Å². The summed E-state index contributed by atoms with van der Waals surface area (Å²) in [5.74, 6) is 0.279. The number of rotatable bonds is 5. The number of phenolic OH excluding ortho intramolecular Hbond substituents is 1. The molecule has 1 amide bonds. The topological polar surface area (TPSA) is 118 Å². The normalized spacial score (nSPS) is 19.6. The van der Waals surface area contributed by atoms with Crippen molar-refractivity contribution in [2.75, 3.05) is 13.1 Å². The number of ether oxygens (including phenoxy) is 1. The highest BCUT2D eigenvalue weighted by Crippen LogP contribution is 2.59. The van der Waals surface area contributed by atoms with Crippen molar-refractivity contribution in [2.24, 2.45) is 5.92 Å². The molecule has 6 rings (SSSR count). The third-order valence-corrected chi connectivity index (χ3v) is 7.98. The number of carbonyl (C=O) groups excluding carboxylic acids is 1. The van der Waals surface area contributed by atoms with Gasteiger partial charge in [-0.1, -0.05) is 53.0 Å². The number of aryl methyl sites for hydroxylation is 1. The number of hydrogen-bond donors (Lipinski definition) is 2. The third-order valence-electron chi connectivity index (χ3n) is 7.42. The predicted octanol–water partition coefficient (Wildman–Crippen LogP) is 4.45. The van der Waals surface area contributed by atoms with Gasteiger partial charge in [0.2, 0.25) is 0 Å². The van der Waals surface area contributed by atoms with Gasteiger partial charge in [0, 0.05) is 18.5 Å². The van der Waals surface area contributed by atoms with Crippen molar-refractivity contribution >= 4 is 29.1 Å². The lowest BCUT2D eigenvalue weighted by Gasteiger charge is -2.22. The number of halogens is 2. The number of likely N-dealkylation sites (tertiary alicyclic amines) is 1. The Labute approximate surface area is 232 Å². The SMILES string of the molecule is Cc1ccc(C23CC2CN(C(=O)c2cc(Oc4c(Cl)cc(-n5ncc(=O)[nH]c5=O)cc4Cl)ccc2O)C3)cc1. The molecule has 1 aliphatic carbocycles. The van der Waals surface area contributed by atoms with Crippen LogP contribution < -0.4 is 16.0 Å². The number of amides is 1. The van der Waals surface area contributed by atoms with Crippen LogP contribution in [0.1, 0.15) is 27.9 Å². The van der Waals surface area contributed by atoms with Gasteiger partial charge in [-0.05, 0) is 55.2 Å². The number of phenols is 1. The van der Waals surface area contributed by atoms with Crippen LogP contribution in [-0.2, 0) is 5.41 Å². The fourth-order valence-corrected chi connectivity index (χ4v) is 5.86. The minimum Gasteiger partial charge on any atom is -0.507 e. The zero-order valence-electron chi connectivity index (χ0n) is 20.6. The first-order chi connectivity index (χ1) is 18.6. The summed E-state index contributed by atoms with van der Waals surface area (Å²) in [6, 6.07) is 15.6. The van der Waals surface area contributed by atoms with Gasteiger partial charge < -0.3 is 14.7 Å². The predicted molar refractivity (Wildman–Crippen MR) is 146 cm³/mol. The van der Waals surface area contributed by atoms with Crippen LogP contribution in [0.2, 0.25) is 10.0 Å². The van der Waals surface area contributed by atoms with Gasteiger partial charge in [-0.15, -0.1) is 0 Å². The number of fused-ring (bicyclic) bond motifs is 1. The molecule has 0 spiro atoms. The maximum atomic E-state index is 13.5. The van der Waals surface area contributed by atoms with Crippen molar-refractivity contribution in [2.45, 2.75) is 18.8 Å². The van der Waals surface area contributed by atoms with Gasteiger partial charge in [-0.25, -0.2) is 4.79 Å². The quantitative estimate of drug-likeness (QED) is 0.370. The van der Waals surface area contributed by atoms with Gasteiger partial charge in [0.1, 0.15) is 17.7 Å². The highest BCUT2D eigenvalue weighted by Gasteiger charge is 2.61. The Kier molecular flexibility index (Phi) is 6.00. The lowest BCUT2D eigenvalue weighted by Crippen LogP contribution is -2.32. The molecule has 2 aliphatic rings. The molecular formula is C28H22Cl2N4O5. The molecule has 0 radical (unpaired) electrons. The second kappa shape index (κ2) is 9.29. The monoisotopic (exact) mass is 564 g/mol. The second-order valence-electron chi connectivity index (χ2n) is 9.98. The second-order valence-corrected chi connectivity index (χ2v) is 10.8. The summed E-state index contributed by atoms with van der Waals surface area (Å²) < 4.78 is 6.84. The summed E-state index contributed by atoms with van der Waals surface area (Å²) in [6.45, 7) is 3.25. The summed E-state index contributed by atoms with van der Waals surface area (Å²) in [5.41, 5.74) is 1.34. The third kappa shape index (κ3) is 4.47. The average Bonchev–Trinajstić information content (AvgIpc) is 3.47. The van der Waals surface area contributed by atoms with Crippen molar-refractivity contribution in [1.82, 2.24) is 19.7 Å².